The standard InChI is InChI=1S/C12H15N3O2/c16-7-8-4-10-12(13-6-8)15-3-1-2-9(15)5-11(17)14-10/h4,6,9,16H,1-3,5,7H2,(H,14,17). The monoisotopic (exact) mass is 233 g/mol. The van der Waals surface area contributed by atoms with Gasteiger partial charge < -0.3 is 15.3 Å². The molecular formula is C12H15N3O2. The molecule has 1 amide bonds. The second-order valence-electron chi connectivity index (χ2n) is 4.61. The largest absolute Gasteiger partial charge is 0.392 e. The van der Waals surface area contributed by atoms with Crippen LogP contribution in [0.4, 0.5) is 11.5 Å². The molecule has 1 fully saturated rings. The number of aliphatic hydroxyl groups excluding tert-OH is 1. The number of aromatic nitrogens is 1. The zero-order chi connectivity index (χ0) is 11.8. The quantitative estimate of drug-likeness (QED) is 0.756. The summed E-state index contributed by atoms with van der Waals surface area (Å²) in [5.41, 5.74) is 1.45. The van der Waals surface area contributed by atoms with Crippen molar-refractivity contribution in [3.05, 3.63) is 17.8 Å². The minimum absolute atomic E-state index is 0.0394. The maximum atomic E-state index is 11.8. The molecule has 1 saturated heterocycles. The van der Waals surface area contributed by atoms with Gasteiger partial charge in [-0.3, -0.25) is 4.79 Å². The van der Waals surface area contributed by atoms with E-state index in [0.29, 0.717) is 6.42 Å². The van der Waals surface area contributed by atoms with Gasteiger partial charge in [0.2, 0.25) is 5.91 Å². The molecule has 3 heterocycles. The molecule has 2 aliphatic heterocycles. The number of amides is 1. The Morgan fingerprint density at radius 1 is 1.59 bits per heavy atom. The van der Waals surface area contributed by atoms with Crippen LogP contribution in [0.25, 0.3) is 0 Å². The van der Waals surface area contributed by atoms with Crippen LogP contribution < -0.4 is 10.2 Å². The highest BCUT2D eigenvalue weighted by Crippen LogP contribution is 2.34. The van der Waals surface area contributed by atoms with E-state index < -0.39 is 0 Å². The fourth-order valence-corrected chi connectivity index (χ4v) is 2.65. The summed E-state index contributed by atoms with van der Waals surface area (Å²) in [6.07, 6.45) is 4.37. The fourth-order valence-electron chi connectivity index (χ4n) is 2.65. The van der Waals surface area contributed by atoms with Crippen LogP contribution in [-0.2, 0) is 11.4 Å². The van der Waals surface area contributed by atoms with Crippen LogP contribution in [0.5, 0.6) is 0 Å². The topological polar surface area (TPSA) is 65.5 Å². The van der Waals surface area contributed by atoms with Gasteiger partial charge in [-0.1, -0.05) is 0 Å². The van der Waals surface area contributed by atoms with Crippen LogP contribution in [-0.4, -0.2) is 28.6 Å². The van der Waals surface area contributed by atoms with E-state index in [2.05, 4.69) is 15.2 Å². The average Bonchev–Trinajstić information content (AvgIpc) is 2.72. The first-order valence-electron chi connectivity index (χ1n) is 5.94. The molecule has 5 nitrogen and oxygen atoms in total. The Kier molecular flexibility index (Phi) is 2.48. The zero-order valence-corrected chi connectivity index (χ0v) is 9.52. The van der Waals surface area contributed by atoms with Crippen LogP contribution in [0.15, 0.2) is 12.3 Å². The number of hydrogen-bond donors (Lipinski definition) is 2. The predicted octanol–water partition coefficient (Wildman–Crippen LogP) is 0.885. The second-order valence-corrected chi connectivity index (χ2v) is 4.61. The van der Waals surface area contributed by atoms with Crippen molar-refractivity contribution >= 4 is 17.4 Å². The summed E-state index contributed by atoms with van der Waals surface area (Å²) in [6.45, 7) is 0.900. The number of nitrogens with one attached hydrogen (secondary N) is 1. The van der Waals surface area contributed by atoms with Crippen molar-refractivity contribution in [2.45, 2.75) is 31.9 Å². The molecule has 17 heavy (non-hydrogen) atoms. The number of carbonyl (C=O) groups is 1. The number of fused-ring (bicyclic) bond motifs is 3. The van der Waals surface area contributed by atoms with Gasteiger partial charge in [0.25, 0.3) is 0 Å². The molecule has 1 aromatic heterocycles. The summed E-state index contributed by atoms with van der Waals surface area (Å²) < 4.78 is 0. The Labute approximate surface area is 99.5 Å². The van der Waals surface area contributed by atoms with Crippen molar-refractivity contribution in [1.29, 1.82) is 0 Å². The fraction of sp³-hybridized carbons (Fsp3) is 0.500. The van der Waals surface area contributed by atoms with Gasteiger partial charge in [-0.05, 0) is 24.5 Å². The molecule has 90 valence electrons. The number of rotatable bonds is 1. The van der Waals surface area contributed by atoms with Gasteiger partial charge in [0, 0.05) is 25.2 Å². The number of aliphatic hydroxyl groups is 1. The minimum Gasteiger partial charge on any atom is -0.392 e. The minimum atomic E-state index is -0.0560. The van der Waals surface area contributed by atoms with Crippen molar-refractivity contribution in [3.63, 3.8) is 0 Å². The molecule has 3 rings (SSSR count). The van der Waals surface area contributed by atoms with E-state index in [0.717, 1.165) is 36.5 Å². The van der Waals surface area contributed by atoms with E-state index in [1.807, 2.05) is 0 Å². The molecule has 0 aliphatic carbocycles. The predicted molar refractivity (Wildman–Crippen MR) is 63.8 cm³/mol. The maximum absolute atomic E-state index is 11.8. The van der Waals surface area contributed by atoms with E-state index in [9.17, 15) is 4.79 Å². The third kappa shape index (κ3) is 1.76. The maximum Gasteiger partial charge on any atom is 0.226 e. The lowest BCUT2D eigenvalue weighted by Crippen LogP contribution is -2.30. The Morgan fingerprint density at radius 3 is 3.29 bits per heavy atom. The smallest absolute Gasteiger partial charge is 0.226 e. The van der Waals surface area contributed by atoms with Crippen molar-refractivity contribution in [1.82, 2.24) is 4.98 Å². The average molecular weight is 233 g/mol. The molecule has 5 heteroatoms. The second kappa shape index (κ2) is 4.00. The van der Waals surface area contributed by atoms with Crippen LogP contribution in [0, 0.1) is 0 Å². The van der Waals surface area contributed by atoms with Crippen molar-refractivity contribution in [2.75, 3.05) is 16.8 Å². The lowest BCUT2D eigenvalue weighted by molar-refractivity contribution is -0.116. The first-order valence-corrected chi connectivity index (χ1v) is 5.94. The van der Waals surface area contributed by atoms with Gasteiger partial charge in [0.05, 0.1) is 12.3 Å². The van der Waals surface area contributed by atoms with E-state index in [-0.39, 0.29) is 18.6 Å². The summed E-state index contributed by atoms with van der Waals surface area (Å²) >= 11 is 0. The summed E-state index contributed by atoms with van der Waals surface area (Å²) in [4.78, 5) is 18.3. The lowest BCUT2D eigenvalue weighted by atomic mass is 10.1. The number of anilines is 2. The highest BCUT2D eigenvalue weighted by atomic mass is 16.3. The van der Waals surface area contributed by atoms with Gasteiger partial charge in [0.15, 0.2) is 5.82 Å². The lowest BCUT2D eigenvalue weighted by Gasteiger charge is -2.23. The van der Waals surface area contributed by atoms with Crippen molar-refractivity contribution in [2.24, 2.45) is 0 Å². The molecule has 0 radical (unpaired) electrons. The summed E-state index contributed by atoms with van der Waals surface area (Å²) in [5, 5.41) is 12.0. The Bertz CT molecular complexity index is 461. The first-order chi connectivity index (χ1) is 8.28. The molecule has 0 spiro atoms. The molecular weight excluding hydrogens is 218 g/mol. The molecule has 0 aromatic carbocycles. The number of carbonyl (C=O) groups excluding carboxylic acids is 1. The number of pyridine rings is 1. The number of nitrogens with zero attached hydrogens (tertiary/aromatic N) is 2. The SMILES string of the molecule is O=C1CC2CCCN2c2ncc(CO)cc2N1. The molecule has 1 atom stereocenters. The van der Waals surface area contributed by atoms with Gasteiger partial charge in [-0.15, -0.1) is 0 Å². The number of hydrogen-bond acceptors (Lipinski definition) is 4. The van der Waals surface area contributed by atoms with Crippen LogP contribution in [0.1, 0.15) is 24.8 Å². The Morgan fingerprint density at radius 2 is 2.47 bits per heavy atom. The summed E-state index contributed by atoms with van der Waals surface area (Å²) in [6, 6.07) is 2.09. The molecule has 1 unspecified atom stereocenters. The first kappa shape index (κ1) is 10.5. The van der Waals surface area contributed by atoms with E-state index in [1.54, 1.807) is 12.3 Å². The van der Waals surface area contributed by atoms with Crippen molar-refractivity contribution < 1.29 is 9.90 Å². The third-order valence-electron chi connectivity index (χ3n) is 3.45. The van der Waals surface area contributed by atoms with Gasteiger partial charge >= 0.3 is 0 Å². The highest BCUT2D eigenvalue weighted by Gasteiger charge is 2.32. The highest BCUT2D eigenvalue weighted by molar-refractivity contribution is 5.96. The Balaban J connectivity index is 2.06. The Hall–Kier alpha value is -1.62. The van der Waals surface area contributed by atoms with Crippen LogP contribution in [0.2, 0.25) is 0 Å². The molecule has 0 bridgehead atoms. The van der Waals surface area contributed by atoms with E-state index in [4.69, 9.17) is 5.11 Å². The molecule has 1 aromatic rings. The summed E-state index contributed by atoms with van der Waals surface area (Å²) in [7, 11) is 0. The molecule has 2 N–H and O–H groups in total. The zero-order valence-electron chi connectivity index (χ0n) is 9.52. The third-order valence-corrected chi connectivity index (χ3v) is 3.45. The van der Waals surface area contributed by atoms with Crippen molar-refractivity contribution in [3.8, 4) is 0 Å². The summed E-state index contributed by atoms with van der Waals surface area (Å²) in [5.74, 6) is 0.882. The van der Waals surface area contributed by atoms with Crippen LogP contribution >= 0.6 is 0 Å². The van der Waals surface area contributed by atoms with E-state index >= 15 is 0 Å². The van der Waals surface area contributed by atoms with Gasteiger partial charge in [0.1, 0.15) is 0 Å². The molecule has 2 aliphatic rings. The normalized spacial score (nSPS) is 22.8. The van der Waals surface area contributed by atoms with Crippen LogP contribution in [0.3, 0.4) is 0 Å². The molecule has 0 saturated carbocycles. The van der Waals surface area contributed by atoms with Gasteiger partial charge in [-0.25, -0.2) is 4.98 Å². The van der Waals surface area contributed by atoms with E-state index in [1.165, 1.54) is 0 Å². The van der Waals surface area contributed by atoms with Gasteiger partial charge in [-0.2, -0.15) is 0 Å².